The fraction of sp³-hybridized carbons (Fsp3) is 0.438. The highest BCUT2D eigenvalue weighted by Gasteiger charge is 2.38. The molecule has 2 aromatic rings. The smallest absolute Gasteiger partial charge is 0.217 e. The Bertz CT molecular complexity index is 714. The third-order valence-corrected chi connectivity index (χ3v) is 5.27. The second-order valence-corrected chi connectivity index (χ2v) is 6.80. The van der Waals surface area contributed by atoms with Gasteiger partial charge in [-0.25, -0.2) is 0 Å². The largest absolute Gasteiger partial charge is 0.357 e. The highest BCUT2D eigenvalue weighted by molar-refractivity contribution is 7.99. The number of amides is 1. The summed E-state index contributed by atoms with van der Waals surface area (Å²) in [4.78, 5) is 21.1. The summed E-state index contributed by atoms with van der Waals surface area (Å²) in [5, 5.41) is 6.43. The number of nitrogens with zero attached hydrogens (tertiary/aromatic N) is 1. The first-order chi connectivity index (χ1) is 10.7. The molecule has 2 N–H and O–H groups in total. The van der Waals surface area contributed by atoms with E-state index in [2.05, 4.69) is 28.5 Å². The average Bonchev–Trinajstić information content (AvgIpc) is 2.76. The van der Waals surface area contributed by atoms with Crippen molar-refractivity contribution in [2.24, 2.45) is 0 Å². The van der Waals surface area contributed by atoms with Gasteiger partial charge in [-0.2, -0.15) is 5.06 Å². The summed E-state index contributed by atoms with van der Waals surface area (Å²) in [6, 6.07) is 8.50. The number of hydrogen-bond donors (Lipinski definition) is 2. The van der Waals surface area contributed by atoms with Gasteiger partial charge in [-0.1, -0.05) is 18.2 Å². The summed E-state index contributed by atoms with van der Waals surface area (Å²) in [7, 11) is 0. The molecule has 3 heterocycles. The van der Waals surface area contributed by atoms with Crippen molar-refractivity contribution in [1.82, 2.24) is 15.4 Å². The van der Waals surface area contributed by atoms with E-state index in [1.54, 1.807) is 18.7 Å². The maximum absolute atomic E-state index is 11.6. The maximum atomic E-state index is 11.6. The topological polar surface area (TPSA) is 57.4 Å². The normalized spacial score (nSPS) is 25.3. The van der Waals surface area contributed by atoms with Crippen molar-refractivity contribution in [3.8, 4) is 0 Å². The molecule has 5 nitrogen and oxygen atoms in total. The molecule has 2 aliphatic rings. The van der Waals surface area contributed by atoms with Gasteiger partial charge < -0.3 is 10.3 Å². The number of benzene rings is 1. The Kier molecular flexibility index (Phi) is 3.60. The molecule has 0 unspecified atom stereocenters. The van der Waals surface area contributed by atoms with Gasteiger partial charge in [0, 0.05) is 35.8 Å². The van der Waals surface area contributed by atoms with Crippen molar-refractivity contribution >= 4 is 28.6 Å². The fourth-order valence-corrected chi connectivity index (χ4v) is 4.37. The van der Waals surface area contributed by atoms with Gasteiger partial charge in [0.1, 0.15) is 5.94 Å². The van der Waals surface area contributed by atoms with Crippen LogP contribution in [0.5, 0.6) is 0 Å². The molecule has 116 valence electrons. The summed E-state index contributed by atoms with van der Waals surface area (Å²) in [5.74, 6) is 1.51. The number of carbonyl (C=O) groups is 1. The number of hydrogen-bond acceptors (Lipinski definition) is 4. The number of carbonyl (C=O) groups excluding carboxylic acids is 1. The van der Waals surface area contributed by atoms with Gasteiger partial charge in [-0.05, 0) is 18.1 Å². The predicted octanol–water partition coefficient (Wildman–Crippen LogP) is 2.21. The Morgan fingerprint density at radius 1 is 1.45 bits per heavy atom. The van der Waals surface area contributed by atoms with Gasteiger partial charge in [-0.15, -0.1) is 11.8 Å². The summed E-state index contributed by atoms with van der Waals surface area (Å²) in [6.45, 7) is 2.44. The predicted molar refractivity (Wildman–Crippen MR) is 87.5 cm³/mol. The van der Waals surface area contributed by atoms with Crippen LogP contribution in [0, 0.1) is 0 Å². The third-order valence-electron chi connectivity index (χ3n) is 4.40. The minimum Gasteiger partial charge on any atom is -0.357 e. The molecular formula is C16H19N3O2S. The van der Waals surface area contributed by atoms with E-state index >= 15 is 0 Å². The zero-order valence-corrected chi connectivity index (χ0v) is 13.3. The Labute approximate surface area is 133 Å². The van der Waals surface area contributed by atoms with Crippen molar-refractivity contribution < 1.29 is 9.63 Å². The Hall–Kier alpha value is -1.50. The molecule has 0 saturated carbocycles. The number of para-hydroxylation sites is 1. The van der Waals surface area contributed by atoms with Crippen LogP contribution in [0.4, 0.5) is 0 Å². The number of aromatic nitrogens is 1. The van der Waals surface area contributed by atoms with Crippen LogP contribution in [0.3, 0.4) is 0 Å². The van der Waals surface area contributed by atoms with Crippen LogP contribution in [0.1, 0.15) is 24.2 Å². The molecule has 0 spiro atoms. The molecule has 2 aliphatic heterocycles. The van der Waals surface area contributed by atoms with E-state index < -0.39 is 0 Å². The van der Waals surface area contributed by atoms with Crippen LogP contribution in [0.25, 0.3) is 10.9 Å². The zero-order chi connectivity index (χ0) is 15.1. The summed E-state index contributed by atoms with van der Waals surface area (Å²) < 4.78 is 0. The Morgan fingerprint density at radius 2 is 2.32 bits per heavy atom. The van der Waals surface area contributed by atoms with E-state index in [0.717, 1.165) is 24.2 Å². The summed E-state index contributed by atoms with van der Waals surface area (Å²) in [6.07, 6.45) is 0.966. The number of fused-ring (bicyclic) bond motifs is 5. The average molecular weight is 317 g/mol. The number of aromatic amines is 1. The van der Waals surface area contributed by atoms with Crippen molar-refractivity contribution in [2.75, 3.05) is 18.2 Å². The van der Waals surface area contributed by atoms with E-state index in [1.807, 2.05) is 11.1 Å². The van der Waals surface area contributed by atoms with Crippen LogP contribution < -0.4 is 5.32 Å². The highest BCUT2D eigenvalue weighted by Crippen LogP contribution is 2.38. The van der Waals surface area contributed by atoms with Crippen LogP contribution in [0.2, 0.25) is 0 Å². The highest BCUT2D eigenvalue weighted by atomic mass is 32.2. The lowest BCUT2D eigenvalue weighted by atomic mass is 9.94. The van der Waals surface area contributed by atoms with Gasteiger partial charge in [0.2, 0.25) is 5.91 Å². The van der Waals surface area contributed by atoms with Gasteiger partial charge in [-0.3, -0.25) is 9.63 Å². The van der Waals surface area contributed by atoms with Crippen molar-refractivity contribution in [3.05, 3.63) is 35.5 Å². The maximum Gasteiger partial charge on any atom is 0.217 e. The molecule has 0 aliphatic carbocycles. The van der Waals surface area contributed by atoms with Crippen molar-refractivity contribution in [3.63, 3.8) is 0 Å². The number of thioether (sulfide) groups is 1. The SMILES string of the molecule is CC(=O)N[C@@H]1CSCON2CCc3c([nH]c4ccccc34)[C@H]12. The number of hydroxylamine groups is 2. The Morgan fingerprint density at radius 3 is 3.18 bits per heavy atom. The van der Waals surface area contributed by atoms with Crippen LogP contribution in [-0.4, -0.2) is 40.2 Å². The van der Waals surface area contributed by atoms with Gasteiger partial charge in [0.05, 0.1) is 12.1 Å². The molecule has 2 atom stereocenters. The lowest BCUT2D eigenvalue weighted by molar-refractivity contribution is -0.178. The van der Waals surface area contributed by atoms with Crippen molar-refractivity contribution in [2.45, 2.75) is 25.4 Å². The van der Waals surface area contributed by atoms with E-state index in [9.17, 15) is 4.79 Å². The molecule has 0 bridgehead atoms. The van der Waals surface area contributed by atoms with E-state index in [1.165, 1.54) is 16.6 Å². The number of rotatable bonds is 1. The second kappa shape index (κ2) is 5.61. The van der Waals surface area contributed by atoms with Crippen LogP contribution >= 0.6 is 11.8 Å². The Balaban J connectivity index is 1.81. The first-order valence-corrected chi connectivity index (χ1v) is 8.73. The monoisotopic (exact) mass is 317 g/mol. The molecule has 1 saturated heterocycles. The van der Waals surface area contributed by atoms with E-state index in [0.29, 0.717) is 5.94 Å². The van der Waals surface area contributed by atoms with E-state index in [-0.39, 0.29) is 18.0 Å². The van der Waals surface area contributed by atoms with Crippen LogP contribution in [-0.2, 0) is 16.1 Å². The molecule has 22 heavy (non-hydrogen) atoms. The van der Waals surface area contributed by atoms with Gasteiger partial charge in [0.25, 0.3) is 0 Å². The number of H-pyrrole nitrogens is 1. The molecule has 1 aromatic carbocycles. The first-order valence-electron chi connectivity index (χ1n) is 7.58. The molecule has 4 rings (SSSR count). The van der Waals surface area contributed by atoms with Crippen molar-refractivity contribution in [1.29, 1.82) is 0 Å². The zero-order valence-electron chi connectivity index (χ0n) is 12.5. The quantitative estimate of drug-likeness (QED) is 0.847. The van der Waals surface area contributed by atoms with E-state index in [4.69, 9.17) is 4.84 Å². The van der Waals surface area contributed by atoms with Gasteiger partial charge in [0.15, 0.2) is 0 Å². The lowest BCUT2D eigenvalue weighted by Crippen LogP contribution is -2.48. The lowest BCUT2D eigenvalue weighted by Gasteiger charge is -2.36. The van der Waals surface area contributed by atoms with Gasteiger partial charge >= 0.3 is 0 Å². The molecule has 1 amide bonds. The second-order valence-electron chi connectivity index (χ2n) is 5.82. The van der Waals surface area contributed by atoms with Crippen LogP contribution in [0.15, 0.2) is 24.3 Å². The molecule has 6 heteroatoms. The summed E-state index contributed by atoms with van der Waals surface area (Å²) in [5.41, 5.74) is 3.71. The fourth-order valence-electron chi connectivity index (χ4n) is 3.55. The standard InChI is InChI=1S/C16H19N3O2S/c1-10(20)17-14-8-22-9-21-19-7-6-12-11-4-2-3-5-13(11)18-15(12)16(14)19/h2-5,14,16,18H,6-9H2,1H3,(H,17,20)/t14-,16+/m1/s1. The number of nitrogens with one attached hydrogen (secondary N) is 2. The minimum absolute atomic E-state index is 0.00989. The molecule has 1 aromatic heterocycles. The molecular weight excluding hydrogens is 298 g/mol. The summed E-state index contributed by atoms with van der Waals surface area (Å²) >= 11 is 1.72. The molecule has 1 fully saturated rings. The minimum atomic E-state index is 0.00989. The first kappa shape index (κ1) is 14.1. The third kappa shape index (κ3) is 2.31. The molecule has 0 radical (unpaired) electrons.